The number of benzene rings is 1. The summed E-state index contributed by atoms with van der Waals surface area (Å²) in [5, 5.41) is 14.3. The number of urea groups is 1. The minimum absolute atomic E-state index is 0.0331. The van der Waals surface area contributed by atoms with E-state index < -0.39 is 29.9 Å². The van der Waals surface area contributed by atoms with Gasteiger partial charge in [-0.05, 0) is 43.5 Å². The Kier molecular flexibility index (Phi) is 6.74. The number of amides is 4. The third-order valence-corrected chi connectivity index (χ3v) is 6.32. The first-order valence-electron chi connectivity index (χ1n) is 10.3. The summed E-state index contributed by atoms with van der Waals surface area (Å²) in [6, 6.07) is 5.28. The lowest BCUT2D eigenvalue weighted by atomic mass is 9.89. The molecule has 1 aromatic carbocycles. The highest BCUT2D eigenvalue weighted by molar-refractivity contribution is 6.31. The molecule has 0 aliphatic carbocycles. The van der Waals surface area contributed by atoms with Gasteiger partial charge in [0.25, 0.3) is 5.91 Å². The van der Waals surface area contributed by atoms with Crippen LogP contribution in [0.4, 0.5) is 10.5 Å². The van der Waals surface area contributed by atoms with Crippen molar-refractivity contribution in [2.24, 2.45) is 0 Å². The predicted octanol–water partition coefficient (Wildman–Crippen LogP) is 1.77. The van der Waals surface area contributed by atoms with Crippen LogP contribution in [0.25, 0.3) is 0 Å². The van der Waals surface area contributed by atoms with E-state index in [9.17, 15) is 19.2 Å². The number of carboxylic acid groups (broad SMARTS) is 1. The van der Waals surface area contributed by atoms with E-state index in [1.54, 1.807) is 4.90 Å². The smallest absolute Gasteiger partial charge is 0.322 e. The van der Waals surface area contributed by atoms with Crippen LogP contribution in [-0.4, -0.2) is 65.0 Å². The second-order valence-electron chi connectivity index (χ2n) is 8.07. The summed E-state index contributed by atoms with van der Waals surface area (Å²) < 4.78 is 0. The molecule has 3 rings (SSSR count). The van der Waals surface area contributed by atoms with E-state index in [2.05, 4.69) is 28.5 Å². The maximum Gasteiger partial charge on any atom is 0.322 e. The number of aliphatic carboxylic acids is 1. The molecule has 0 spiro atoms. The molecule has 1 aromatic rings. The largest absolute Gasteiger partial charge is 0.481 e. The number of anilines is 1. The van der Waals surface area contributed by atoms with Crippen LogP contribution in [0.15, 0.2) is 18.2 Å². The number of halogens is 1. The van der Waals surface area contributed by atoms with Crippen LogP contribution >= 0.6 is 11.6 Å². The molecule has 0 radical (unpaired) electrons. The van der Waals surface area contributed by atoms with Gasteiger partial charge in [0, 0.05) is 42.8 Å². The number of imide groups is 1. The van der Waals surface area contributed by atoms with E-state index in [4.69, 9.17) is 16.7 Å². The van der Waals surface area contributed by atoms with Gasteiger partial charge in [-0.1, -0.05) is 18.5 Å². The van der Waals surface area contributed by atoms with Crippen molar-refractivity contribution >= 4 is 41.1 Å². The summed E-state index contributed by atoms with van der Waals surface area (Å²) in [6.07, 6.45) is 0.163. The molecule has 3 N–H and O–H groups in total. The van der Waals surface area contributed by atoms with E-state index >= 15 is 0 Å². The van der Waals surface area contributed by atoms with Crippen LogP contribution in [0.3, 0.4) is 0 Å². The first kappa shape index (κ1) is 22.9. The highest BCUT2D eigenvalue weighted by Crippen LogP contribution is 2.27. The predicted molar refractivity (Wildman–Crippen MR) is 115 cm³/mol. The molecule has 10 heteroatoms. The average molecular weight is 451 g/mol. The molecule has 168 valence electrons. The SMILES string of the molecule is CCc1cc(N2CCN(C(=O)CCC3(CC(=O)O)NC(=O)NC3=O)C[C@@H]2C)ccc1Cl. The fourth-order valence-electron chi connectivity index (χ4n) is 4.23. The monoisotopic (exact) mass is 450 g/mol. The zero-order valence-electron chi connectivity index (χ0n) is 17.6. The molecule has 0 aromatic heterocycles. The van der Waals surface area contributed by atoms with E-state index in [1.807, 2.05) is 19.1 Å². The number of hydrogen-bond donors (Lipinski definition) is 3. The third-order valence-electron chi connectivity index (χ3n) is 5.96. The summed E-state index contributed by atoms with van der Waals surface area (Å²) in [7, 11) is 0. The fourth-order valence-corrected chi connectivity index (χ4v) is 4.48. The second kappa shape index (κ2) is 9.13. The van der Waals surface area contributed by atoms with Gasteiger partial charge in [-0.25, -0.2) is 4.79 Å². The quantitative estimate of drug-likeness (QED) is 0.545. The van der Waals surface area contributed by atoms with Crippen molar-refractivity contribution in [3.8, 4) is 0 Å². The van der Waals surface area contributed by atoms with Crippen LogP contribution in [0.2, 0.25) is 5.02 Å². The molecule has 2 aliphatic heterocycles. The van der Waals surface area contributed by atoms with Gasteiger partial charge in [-0.2, -0.15) is 0 Å². The zero-order valence-corrected chi connectivity index (χ0v) is 18.4. The Labute approximate surface area is 185 Å². The lowest BCUT2D eigenvalue weighted by molar-refractivity contribution is -0.142. The highest BCUT2D eigenvalue weighted by atomic mass is 35.5. The Morgan fingerprint density at radius 1 is 1.29 bits per heavy atom. The van der Waals surface area contributed by atoms with Crippen molar-refractivity contribution in [1.82, 2.24) is 15.5 Å². The number of piperazine rings is 1. The Morgan fingerprint density at radius 3 is 2.61 bits per heavy atom. The summed E-state index contributed by atoms with van der Waals surface area (Å²) in [6.45, 7) is 5.76. The van der Waals surface area contributed by atoms with Crippen molar-refractivity contribution in [1.29, 1.82) is 0 Å². The molecule has 2 aliphatic rings. The van der Waals surface area contributed by atoms with Crippen LogP contribution in [-0.2, 0) is 20.8 Å². The van der Waals surface area contributed by atoms with Crippen LogP contribution < -0.4 is 15.5 Å². The number of nitrogens with one attached hydrogen (secondary N) is 2. The van der Waals surface area contributed by atoms with Gasteiger partial charge in [0.05, 0.1) is 6.42 Å². The van der Waals surface area contributed by atoms with Crippen molar-refractivity contribution in [3.05, 3.63) is 28.8 Å². The number of hydrogen-bond acceptors (Lipinski definition) is 5. The average Bonchev–Trinajstić information content (AvgIpc) is 2.99. The van der Waals surface area contributed by atoms with Crippen molar-refractivity contribution < 1.29 is 24.3 Å². The molecule has 4 amide bonds. The Balaban J connectivity index is 1.62. The highest BCUT2D eigenvalue weighted by Gasteiger charge is 2.48. The van der Waals surface area contributed by atoms with Gasteiger partial charge in [0.15, 0.2) is 0 Å². The van der Waals surface area contributed by atoms with E-state index in [0.29, 0.717) is 19.6 Å². The fraction of sp³-hybridized carbons (Fsp3) is 0.524. The summed E-state index contributed by atoms with van der Waals surface area (Å²) in [5.41, 5.74) is 0.545. The second-order valence-corrected chi connectivity index (χ2v) is 8.48. The topological polar surface area (TPSA) is 119 Å². The van der Waals surface area contributed by atoms with Crippen molar-refractivity contribution in [2.45, 2.75) is 51.1 Å². The van der Waals surface area contributed by atoms with E-state index in [1.165, 1.54) is 0 Å². The van der Waals surface area contributed by atoms with Gasteiger partial charge in [0.2, 0.25) is 5.91 Å². The molecule has 2 fully saturated rings. The van der Waals surface area contributed by atoms with Gasteiger partial charge >= 0.3 is 12.0 Å². The summed E-state index contributed by atoms with van der Waals surface area (Å²) >= 11 is 6.22. The van der Waals surface area contributed by atoms with Crippen molar-refractivity contribution in [2.75, 3.05) is 24.5 Å². The molecular weight excluding hydrogens is 424 g/mol. The molecule has 1 unspecified atom stereocenters. The van der Waals surface area contributed by atoms with E-state index in [-0.39, 0.29) is 24.8 Å². The number of carbonyl (C=O) groups excluding carboxylic acids is 3. The Morgan fingerprint density at radius 2 is 2.03 bits per heavy atom. The van der Waals surface area contributed by atoms with Gasteiger partial charge in [-0.15, -0.1) is 0 Å². The van der Waals surface area contributed by atoms with Gasteiger partial charge in [-0.3, -0.25) is 19.7 Å². The Hall–Kier alpha value is -2.81. The summed E-state index contributed by atoms with van der Waals surface area (Å²) in [4.78, 5) is 51.6. The zero-order chi connectivity index (χ0) is 22.8. The van der Waals surface area contributed by atoms with E-state index in [0.717, 1.165) is 22.7 Å². The number of rotatable bonds is 7. The number of nitrogens with zero attached hydrogens (tertiary/aromatic N) is 2. The van der Waals surface area contributed by atoms with Crippen LogP contribution in [0.5, 0.6) is 0 Å². The number of carbonyl (C=O) groups is 4. The first-order chi connectivity index (χ1) is 14.6. The summed E-state index contributed by atoms with van der Waals surface area (Å²) in [5.74, 6) is -2.10. The van der Waals surface area contributed by atoms with Gasteiger partial charge in [0.1, 0.15) is 5.54 Å². The molecule has 31 heavy (non-hydrogen) atoms. The first-order valence-corrected chi connectivity index (χ1v) is 10.7. The lowest BCUT2D eigenvalue weighted by Crippen LogP contribution is -2.54. The van der Waals surface area contributed by atoms with Crippen molar-refractivity contribution in [3.63, 3.8) is 0 Å². The minimum Gasteiger partial charge on any atom is -0.481 e. The van der Waals surface area contributed by atoms with Crippen LogP contribution in [0, 0.1) is 0 Å². The molecule has 2 heterocycles. The molecule has 0 saturated carbocycles. The lowest BCUT2D eigenvalue weighted by Gasteiger charge is -2.41. The number of aryl methyl sites for hydroxylation is 1. The Bertz CT molecular complexity index is 908. The molecule has 2 atom stereocenters. The molecule has 9 nitrogen and oxygen atoms in total. The molecular formula is C21H27ClN4O5. The normalized spacial score (nSPS) is 23.5. The maximum absolute atomic E-state index is 12.8. The number of carboxylic acids is 1. The standard InChI is InChI=1S/C21H27ClN4O5/c1-3-14-10-15(4-5-16(14)22)26-9-8-25(12-13(26)2)17(27)6-7-21(11-18(28)29)19(30)23-20(31)24-21/h4-5,10,13H,3,6-9,11-12H2,1-2H3,(H,28,29)(H2,23,24,30,31)/t13-,21?/m0/s1. The molecule has 0 bridgehead atoms. The van der Waals surface area contributed by atoms with Gasteiger partial charge < -0.3 is 20.2 Å². The molecule has 2 saturated heterocycles. The van der Waals surface area contributed by atoms with Crippen LogP contribution in [0.1, 0.15) is 38.7 Å². The minimum atomic E-state index is -1.59. The maximum atomic E-state index is 12.8. The third kappa shape index (κ3) is 4.92.